The molecule has 0 aromatic carbocycles. The molecule has 0 bridgehead atoms. The van der Waals surface area contributed by atoms with Crippen LogP contribution >= 0.6 is 0 Å². The van der Waals surface area contributed by atoms with Gasteiger partial charge in [-0.25, -0.2) is 4.79 Å². The first kappa shape index (κ1) is 11.0. The first-order chi connectivity index (χ1) is 4.50. The van der Waals surface area contributed by atoms with Crippen LogP contribution < -0.4 is 22.9 Å². The van der Waals surface area contributed by atoms with Crippen LogP contribution in [0.15, 0.2) is 10.4 Å². The molecular weight excluding hydrogens is 140 g/mol. The SMILES string of the molecule is NC(N)=NN=O.NC(N)=O. The first-order valence-electron chi connectivity index (χ1n) is 1.97. The quantitative estimate of drug-likeness (QED) is 0.146. The van der Waals surface area contributed by atoms with Gasteiger partial charge in [0.1, 0.15) is 0 Å². The van der Waals surface area contributed by atoms with Crippen LogP contribution in [0, 0.1) is 4.91 Å². The Labute approximate surface area is 56.2 Å². The van der Waals surface area contributed by atoms with Crippen LogP contribution in [0.25, 0.3) is 0 Å². The molecule has 0 saturated carbocycles. The fraction of sp³-hybridized carbons (Fsp3) is 0. The van der Waals surface area contributed by atoms with Crippen molar-refractivity contribution >= 4 is 12.0 Å². The zero-order valence-electron chi connectivity index (χ0n) is 5.02. The Morgan fingerprint density at radius 2 is 1.40 bits per heavy atom. The Bertz CT molecular complexity index is 133. The monoisotopic (exact) mass is 148 g/mol. The minimum atomic E-state index is -0.833. The Morgan fingerprint density at radius 3 is 1.40 bits per heavy atom. The summed E-state index contributed by atoms with van der Waals surface area (Å²) in [4.78, 5) is 18.0. The second-order valence-electron chi connectivity index (χ2n) is 1.01. The third-order valence-electron chi connectivity index (χ3n) is 0.156. The van der Waals surface area contributed by atoms with Crippen LogP contribution in [-0.2, 0) is 0 Å². The van der Waals surface area contributed by atoms with E-state index < -0.39 is 6.03 Å². The van der Waals surface area contributed by atoms with Crippen LogP contribution in [0.5, 0.6) is 0 Å². The number of nitroso groups, excluding NO2 is 1. The van der Waals surface area contributed by atoms with Crippen molar-refractivity contribution in [2.45, 2.75) is 0 Å². The average molecular weight is 148 g/mol. The summed E-state index contributed by atoms with van der Waals surface area (Å²) >= 11 is 0. The standard InChI is InChI=1S/CH4N4O.CH4N2O/c2-1(3)4-5-6;2-1(3)4/h(H4,2,3,4,6);(H4,2,3,4). The van der Waals surface area contributed by atoms with Gasteiger partial charge in [-0.05, 0) is 0 Å². The topological polar surface area (TPSA) is 163 Å². The molecule has 0 rings (SSSR count). The predicted molar refractivity (Wildman–Crippen MR) is 35.4 cm³/mol. The summed E-state index contributed by atoms with van der Waals surface area (Å²) in [5.41, 5.74) is 17.8. The second kappa shape index (κ2) is 7.14. The van der Waals surface area contributed by atoms with E-state index in [4.69, 9.17) is 9.70 Å². The smallest absolute Gasteiger partial charge is 0.309 e. The highest BCUT2D eigenvalue weighted by molar-refractivity contribution is 5.75. The lowest BCUT2D eigenvalue weighted by Gasteiger charge is -1.74. The predicted octanol–water partition coefficient (Wildman–Crippen LogP) is -2.04. The fourth-order valence-electron chi connectivity index (χ4n) is 0.0471. The Morgan fingerprint density at radius 1 is 1.10 bits per heavy atom. The molecule has 0 atom stereocenters. The Hall–Kier alpha value is -1.86. The van der Waals surface area contributed by atoms with E-state index in [9.17, 15) is 0 Å². The number of carbonyl (C=O) groups is 1. The summed E-state index contributed by atoms with van der Waals surface area (Å²) in [6, 6.07) is -0.833. The molecule has 0 aromatic rings. The number of urea groups is 1. The summed E-state index contributed by atoms with van der Waals surface area (Å²) in [6.45, 7) is 0. The molecule has 0 saturated heterocycles. The molecule has 58 valence electrons. The zero-order chi connectivity index (χ0) is 8.57. The van der Waals surface area contributed by atoms with Crippen molar-refractivity contribution in [1.29, 1.82) is 0 Å². The van der Waals surface area contributed by atoms with Gasteiger partial charge in [0, 0.05) is 0 Å². The minimum Gasteiger partial charge on any atom is -0.368 e. The number of nitrogens with two attached hydrogens (primary N) is 4. The number of amides is 2. The first-order valence-corrected chi connectivity index (χ1v) is 1.97. The summed E-state index contributed by atoms with van der Waals surface area (Å²) < 4.78 is 0. The summed E-state index contributed by atoms with van der Waals surface area (Å²) in [5, 5.41) is 4.69. The van der Waals surface area contributed by atoms with Gasteiger partial charge in [0.15, 0.2) is 0 Å². The third-order valence-corrected chi connectivity index (χ3v) is 0.156. The number of carbonyl (C=O) groups excluding carboxylic acids is 1. The maximum absolute atomic E-state index is 9.02. The molecule has 0 aliphatic carbocycles. The van der Waals surface area contributed by atoms with Gasteiger partial charge in [-0.3, -0.25) is 0 Å². The molecule has 0 radical (unpaired) electrons. The Kier molecular flexibility index (Phi) is 7.86. The summed E-state index contributed by atoms with van der Waals surface area (Å²) in [5.74, 6) is -0.315. The molecule has 8 nitrogen and oxygen atoms in total. The molecule has 0 spiro atoms. The molecule has 0 heterocycles. The van der Waals surface area contributed by atoms with Gasteiger partial charge in [0.2, 0.25) is 5.96 Å². The summed E-state index contributed by atoms with van der Waals surface area (Å²) in [7, 11) is 0. The van der Waals surface area contributed by atoms with E-state index in [1.54, 1.807) is 0 Å². The fourth-order valence-corrected chi connectivity index (χ4v) is 0.0471. The highest BCUT2D eigenvalue weighted by Gasteiger charge is 1.69. The normalized spacial score (nSPS) is 6.40. The van der Waals surface area contributed by atoms with Crippen molar-refractivity contribution < 1.29 is 4.79 Å². The van der Waals surface area contributed by atoms with E-state index in [0.29, 0.717) is 0 Å². The van der Waals surface area contributed by atoms with E-state index in [-0.39, 0.29) is 5.96 Å². The Balaban J connectivity index is 0. The van der Waals surface area contributed by atoms with Crippen molar-refractivity contribution in [1.82, 2.24) is 0 Å². The number of primary amides is 2. The third kappa shape index (κ3) is 125. The van der Waals surface area contributed by atoms with Crippen LogP contribution in [0.2, 0.25) is 0 Å². The van der Waals surface area contributed by atoms with Gasteiger partial charge >= 0.3 is 6.03 Å². The zero-order valence-corrected chi connectivity index (χ0v) is 5.02. The molecule has 10 heavy (non-hydrogen) atoms. The molecule has 8 heteroatoms. The second-order valence-corrected chi connectivity index (χ2v) is 1.01. The van der Waals surface area contributed by atoms with Crippen molar-refractivity contribution in [3.05, 3.63) is 4.91 Å². The highest BCUT2D eigenvalue weighted by atomic mass is 16.3. The molecule has 0 aliphatic heterocycles. The molecular formula is C2H8N6O2. The molecule has 0 unspecified atom stereocenters. The average Bonchev–Trinajstić information content (AvgIpc) is 1.62. The molecule has 0 fully saturated rings. The van der Waals surface area contributed by atoms with Crippen molar-refractivity contribution in [2.24, 2.45) is 33.3 Å². The van der Waals surface area contributed by atoms with Crippen molar-refractivity contribution in [3.63, 3.8) is 0 Å². The highest BCUT2D eigenvalue weighted by Crippen LogP contribution is 1.58. The van der Waals surface area contributed by atoms with Gasteiger partial charge in [0.05, 0.1) is 5.29 Å². The lowest BCUT2D eigenvalue weighted by Crippen LogP contribution is -2.21. The molecule has 0 aliphatic rings. The van der Waals surface area contributed by atoms with E-state index in [1.807, 2.05) is 5.29 Å². The number of nitrogens with zero attached hydrogens (tertiary/aromatic N) is 2. The van der Waals surface area contributed by atoms with E-state index in [0.717, 1.165) is 0 Å². The van der Waals surface area contributed by atoms with Crippen molar-refractivity contribution in [3.8, 4) is 0 Å². The van der Waals surface area contributed by atoms with Crippen LogP contribution in [0.4, 0.5) is 4.79 Å². The summed E-state index contributed by atoms with van der Waals surface area (Å²) in [6.07, 6.45) is 0. The van der Waals surface area contributed by atoms with Gasteiger partial charge in [-0.1, -0.05) is 5.10 Å². The van der Waals surface area contributed by atoms with Crippen molar-refractivity contribution in [2.75, 3.05) is 0 Å². The maximum atomic E-state index is 9.02. The van der Waals surface area contributed by atoms with Gasteiger partial charge < -0.3 is 22.9 Å². The van der Waals surface area contributed by atoms with Gasteiger partial charge in [-0.15, -0.1) is 4.91 Å². The van der Waals surface area contributed by atoms with Gasteiger partial charge in [0.25, 0.3) is 0 Å². The molecule has 0 aromatic heterocycles. The van der Waals surface area contributed by atoms with Crippen LogP contribution in [0.3, 0.4) is 0 Å². The number of hydrogen-bond acceptors (Lipinski definition) is 3. The van der Waals surface area contributed by atoms with E-state index >= 15 is 0 Å². The van der Waals surface area contributed by atoms with Crippen LogP contribution in [0.1, 0.15) is 0 Å². The number of hydrogen-bond donors (Lipinski definition) is 4. The van der Waals surface area contributed by atoms with E-state index in [1.165, 1.54) is 0 Å². The van der Waals surface area contributed by atoms with E-state index in [2.05, 4.69) is 28.0 Å². The molecule has 2 amide bonds. The maximum Gasteiger partial charge on any atom is 0.309 e. The van der Waals surface area contributed by atoms with Gasteiger partial charge in [-0.2, -0.15) is 0 Å². The lowest BCUT2D eigenvalue weighted by molar-refractivity contribution is 0.256. The number of guanidine groups is 1. The molecule has 8 N–H and O–H groups in total. The lowest BCUT2D eigenvalue weighted by atomic mass is 11.1. The number of rotatable bonds is 1. The largest absolute Gasteiger partial charge is 0.368 e. The minimum absolute atomic E-state index is 0.315. The van der Waals surface area contributed by atoms with Crippen LogP contribution in [-0.4, -0.2) is 12.0 Å².